The lowest BCUT2D eigenvalue weighted by atomic mass is 10.1. The number of benzene rings is 3. The number of esters is 1. The van der Waals surface area contributed by atoms with Crippen molar-refractivity contribution in [2.75, 3.05) is 20.8 Å². The summed E-state index contributed by atoms with van der Waals surface area (Å²) in [6.07, 6.45) is 7.05. The lowest BCUT2D eigenvalue weighted by Gasteiger charge is -2.08. The fourth-order valence-electron chi connectivity index (χ4n) is 3.82. The minimum absolute atomic E-state index is 0.00357. The van der Waals surface area contributed by atoms with Gasteiger partial charge in [0.2, 0.25) is 0 Å². The maximum Gasteiger partial charge on any atom is 0.341 e. The standard InChI is InChI=1S/C30H27FN2O6/c1-4-39-30(36)24-12-11-23(18-25(24)31)33-22(10-6-20-8-14-29(38-3)27(35)16-20)17-21(32-33)9-5-19-7-13-28(37-2)26(34)15-19/h5-18,34-35H,4H2,1-3H3/b9-5+,10-6+. The number of aromatic hydroxyl groups is 2. The summed E-state index contributed by atoms with van der Waals surface area (Å²) in [5.41, 5.74) is 2.80. The van der Waals surface area contributed by atoms with Gasteiger partial charge in [0.25, 0.3) is 0 Å². The highest BCUT2D eigenvalue weighted by Crippen LogP contribution is 2.29. The third-order valence-corrected chi connectivity index (χ3v) is 5.75. The van der Waals surface area contributed by atoms with Crippen molar-refractivity contribution in [1.82, 2.24) is 9.78 Å². The molecule has 0 amide bonds. The van der Waals surface area contributed by atoms with Crippen molar-refractivity contribution >= 4 is 30.3 Å². The summed E-state index contributed by atoms with van der Waals surface area (Å²) in [5, 5.41) is 24.8. The topological polar surface area (TPSA) is 103 Å². The molecule has 0 saturated carbocycles. The molecule has 0 saturated heterocycles. The van der Waals surface area contributed by atoms with E-state index < -0.39 is 11.8 Å². The van der Waals surface area contributed by atoms with Gasteiger partial charge in [0.1, 0.15) is 5.82 Å². The molecule has 1 aromatic heterocycles. The Bertz CT molecular complexity index is 1560. The van der Waals surface area contributed by atoms with E-state index in [-0.39, 0.29) is 23.7 Å². The average molecular weight is 531 g/mol. The quantitative estimate of drug-likeness (QED) is 0.258. The third kappa shape index (κ3) is 6.27. The Morgan fingerprint density at radius 2 is 1.49 bits per heavy atom. The largest absolute Gasteiger partial charge is 0.504 e. The number of phenols is 2. The van der Waals surface area contributed by atoms with E-state index in [9.17, 15) is 19.4 Å². The van der Waals surface area contributed by atoms with Gasteiger partial charge in [-0.15, -0.1) is 0 Å². The average Bonchev–Trinajstić information content (AvgIpc) is 3.34. The van der Waals surface area contributed by atoms with Gasteiger partial charge in [-0.3, -0.25) is 0 Å². The molecule has 0 aliphatic carbocycles. The Morgan fingerprint density at radius 1 is 0.872 bits per heavy atom. The molecule has 0 radical (unpaired) electrons. The molecule has 1 heterocycles. The number of hydrogen-bond acceptors (Lipinski definition) is 7. The number of phenolic OH excluding ortho intramolecular Hbond substituents is 2. The van der Waals surface area contributed by atoms with E-state index in [1.54, 1.807) is 79.8 Å². The summed E-state index contributed by atoms with van der Waals surface area (Å²) in [6, 6.07) is 15.9. The first kappa shape index (κ1) is 27.0. The van der Waals surface area contributed by atoms with Gasteiger partial charge in [0.15, 0.2) is 23.0 Å². The van der Waals surface area contributed by atoms with Crippen molar-refractivity contribution in [1.29, 1.82) is 0 Å². The van der Waals surface area contributed by atoms with Gasteiger partial charge in [0, 0.05) is 6.07 Å². The minimum atomic E-state index is -0.743. The lowest BCUT2D eigenvalue weighted by Crippen LogP contribution is -2.08. The van der Waals surface area contributed by atoms with Gasteiger partial charge < -0.3 is 24.4 Å². The Balaban J connectivity index is 1.72. The van der Waals surface area contributed by atoms with Crippen molar-refractivity contribution in [3.05, 3.63) is 94.6 Å². The SMILES string of the molecule is CCOC(=O)c1ccc(-n2nc(/C=C/c3ccc(OC)c(O)c3)cc2/C=C/c2ccc(OC)c(O)c2)cc1F. The van der Waals surface area contributed by atoms with Gasteiger partial charge >= 0.3 is 5.97 Å². The number of hydrogen-bond donors (Lipinski definition) is 2. The van der Waals surface area contributed by atoms with Crippen LogP contribution in [0.25, 0.3) is 30.0 Å². The Kier molecular flexibility index (Phi) is 8.30. The first-order chi connectivity index (χ1) is 18.8. The van der Waals surface area contributed by atoms with Crippen molar-refractivity contribution in [3.63, 3.8) is 0 Å². The van der Waals surface area contributed by atoms with E-state index in [4.69, 9.17) is 14.2 Å². The molecule has 2 N–H and O–H groups in total. The number of halogens is 1. The van der Waals surface area contributed by atoms with Gasteiger partial charge in [-0.1, -0.05) is 24.3 Å². The summed E-state index contributed by atoms with van der Waals surface area (Å²) in [6.45, 7) is 1.79. The number of carbonyl (C=O) groups excluding carboxylic acids is 1. The first-order valence-electron chi connectivity index (χ1n) is 12.0. The monoisotopic (exact) mass is 530 g/mol. The molecule has 0 aliphatic heterocycles. The molecule has 39 heavy (non-hydrogen) atoms. The van der Waals surface area contributed by atoms with Crippen LogP contribution >= 0.6 is 0 Å². The van der Waals surface area contributed by atoms with Crippen LogP contribution in [0.3, 0.4) is 0 Å². The van der Waals surface area contributed by atoms with Crippen molar-refractivity contribution < 1.29 is 33.6 Å². The second-order valence-corrected chi connectivity index (χ2v) is 8.32. The fraction of sp³-hybridized carbons (Fsp3) is 0.133. The van der Waals surface area contributed by atoms with Crippen LogP contribution < -0.4 is 9.47 Å². The van der Waals surface area contributed by atoms with Crippen LogP contribution in [0, 0.1) is 5.82 Å². The van der Waals surface area contributed by atoms with Gasteiger partial charge in [-0.05, 0) is 72.7 Å². The molecule has 4 rings (SSSR count). The van der Waals surface area contributed by atoms with Crippen molar-refractivity contribution in [3.8, 4) is 28.7 Å². The van der Waals surface area contributed by atoms with Crippen LogP contribution in [0.2, 0.25) is 0 Å². The Labute approximate surface area is 224 Å². The fourth-order valence-corrected chi connectivity index (χ4v) is 3.82. The molecular weight excluding hydrogens is 503 g/mol. The predicted molar refractivity (Wildman–Crippen MR) is 147 cm³/mol. The molecule has 0 spiro atoms. The van der Waals surface area contributed by atoms with Crippen LogP contribution in [-0.2, 0) is 4.74 Å². The molecule has 9 heteroatoms. The summed E-state index contributed by atoms with van der Waals surface area (Å²) in [5.74, 6) is -0.756. The predicted octanol–water partition coefficient (Wildman–Crippen LogP) is 5.96. The maximum absolute atomic E-state index is 14.8. The molecule has 0 bridgehead atoms. The van der Waals surface area contributed by atoms with Crippen molar-refractivity contribution in [2.45, 2.75) is 6.92 Å². The van der Waals surface area contributed by atoms with Crippen LogP contribution in [0.4, 0.5) is 4.39 Å². The van der Waals surface area contributed by atoms with Gasteiger partial charge in [0.05, 0.1) is 43.5 Å². The number of carbonyl (C=O) groups is 1. The molecule has 3 aromatic carbocycles. The van der Waals surface area contributed by atoms with E-state index in [0.717, 1.165) is 5.56 Å². The zero-order valence-corrected chi connectivity index (χ0v) is 21.6. The van der Waals surface area contributed by atoms with E-state index in [0.29, 0.717) is 34.1 Å². The molecule has 4 aromatic rings. The summed E-state index contributed by atoms with van der Waals surface area (Å²) < 4.78 is 31.5. The number of ether oxygens (including phenoxy) is 3. The molecule has 0 aliphatic rings. The minimum Gasteiger partial charge on any atom is -0.504 e. The molecule has 0 unspecified atom stereocenters. The van der Waals surface area contributed by atoms with E-state index in [1.165, 1.54) is 31.0 Å². The maximum atomic E-state index is 14.8. The second kappa shape index (κ2) is 12.0. The van der Waals surface area contributed by atoms with Crippen LogP contribution in [0.5, 0.6) is 23.0 Å². The highest BCUT2D eigenvalue weighted by Gasteiger charge is 2.15. The van der Waals surface area contributed by atoms with E-state index in [2.05, 4.69) is 5.10 Å². The highest BCUT2D eigenvalue weighted by molar-refractivity contribution is 5.90. The second-order valence-electron chi connectivity index (χ2n) is 8.32. The smallest absolute Gasteiger partial charge is 0.341 e. The summed E-state index contributed by atoms with van der Waals surface area (Å²) in [7, 11) is 2.94. The number of methoxy groups -OCH3 is 2. The lowest BCUT2D eigenvalue weighted by molar-refractivity contribution is 0.0521. The molecule has 0 atom stereocenters. The van der Waals surface area contributed by atoms with Crippen LogP contribution in [-0.4, -0.2) is 46.8 Å². The molecular formula is C30H27FN2O6. The first-order valence-corrected chi connectivity index (χ1v) is 12.0. The van der Waals surface area contributed by atoms with E-state index >= 15 is 0 Å². The number of rotatable bonds is 9. The summed E-state index contributed by atoms with van der Waals surface area (Å²) in [4.78, 5) is 12.0. The third-order valence-electron chi connectivity index (χ3n) is 5.75. The number of aromatic nitrogens is 2. The molecule has 200 valence electrons. The van der Waals surface area contributed by atoms with Gasteiger partial charge in [-0.2, -0.15) is 5.10 Å². The molecule has 0 fully saturated rings. The number of nitrogens with zero attached hydrogens (tertiary/aromatic N) is 2. The highest BCUT2D eigenvalue weighted by atomic mass is 19.1. The van der Waals surface area contributed by atoms with Crippen LogP contribution in [0.15, 0.2) is 60.7 Å². The van der Waals surface area contributed by atoms with Crippen molar-refractivity contribution in [2.24, 2.45) is 0 Å². The van der Waals surface area contributed by atoms with E-state index in [1.807, 2.05) is 0 Å². The normalized spacial score (nSPS) is 11.3. The van der Waals surface area contributed by atoms with Gasteiger partial charge in [-0.25, -0.2) is 13.9 Å². The zero-order valence-electron chi connectivity index (χ0n) is 21.6. The zero-order chi connectivity index (χ0) is 27.9. The summed E-state index contributed by atoms with van der Waals surface area (Å²) >= 11 is 0. The van der Waals surface area contributed by atoms with Crippen LogP contribution in [0.1, 0.15) is 39.8 Å². The molecule has 8 nitrogen and oxygen atoms in total. The Morgan fingerprint density at radius 3 is 2.03 bits per heavy atom. The Hall–Kier alpha value is -5.05.